The maximum absolute atomic E-state index is 12.9. The fourth-order valence-electron chi connectivity index (χ4n) is 2.86. The number of likely N-dealkylation sites (N-methyl/N-ethyl adjacent to an activating group) is 1. The van der Waals surface area contributed by atoms with Crippen molar-refractivity contribution in [3.8, 4) is 0 Å². The number of halogens is 1. The van der Waals surface area contributed by atoms with E-state index in [1.807, 2.05) is 18.2 Å². The van der Waals surface area contributed by atoms with Gasteiger partial charge in [0.15, 0.2) is 0 Å². The zero-order valence-corrected chi connectivity index (χ0v) is 15.2. The Morgan fingerprint density at radius 3 is 2.35 bits per heavy atom. The van der Waals surface area contributed by atoms with E-state index in [2.05, 4.69) is 5.32 Å². The normalized spacial score (nSPS) is 19.4. The number of para-hydroxylation sites is 1. The highest BCUT2D eigenvalue weighted by molar-refractivity contribution is 6.30. The first-order valence-corrected chi connectivity index (χ1v) is 8.42. The summed E-state index contributed by atoms with van der Waals surface area (Å²) in [4.78, 5) is 40.1. The van der Waals surface area contributed by atoms with Crippen LogP contribution < -0.4 is 10.2 Å². The quantitative estimate of drug-likeness (QED) is 0.840. The van der Waals surface area contributed by atoms with Crippen molar-refractivity contribution in [2.24, 2.45) is 0 Å². The number of anilines is 1. The average molecular weight is 372 g/mol. The van der Waals surface area contributed by atoms with Crippen LogP contribution in [0.4, 0.5) is 10.5 Å². The summed E-state index contributed by atoms with van der Waals surface area (Å²) in [5.74, 6) is -0.834. The minimum Gasteiger partial charge on any atom is -0.319 e. The first-order valence-electron chi connectivity index (χ1n) is 8.04. The van der Waals surface area contributed by atoms with Crippen LogP contribution in [0.1, 0.15) is 12.5 Å². The standard InChI is InChI=1S/C19H18ClN3O3/c1-19(13-8-10-14(20)11-9-13)17(25)23(18(26)21-19)12-16(24)22(2)15-6-4-3-5-7-15/h3-11H,12H2,1-2H3,(H,21,26). The zero-order valence-electron chi connectivity index (χ0n) is 14.4. The lowest BCUT2D eigenvalue weighted by Gasteiger charge is -2.23. The van der Waals surface area contributed by atoms with Crippen LogP contribution in [0, 0.1) is 0 Å². The summed E-state index contributed by atoms with van der Waals surface area (Å²) in [6.07, 6.45) is 0. The van der Waals surface area contributed by atoms with Gasteiger partial charge in [-0.25, -0.2) is 4.79 Å². The van der Waals surface area contributed by atoms with Gasteiger partial charge in [-0.2, -0.15) is 0 Å². The molecule has 2 aromatic rings. The Morgan fingerprint density at radius 1 is 1.12 bits per heavy atom. The molecule has 1 saturated heterocycles. The molecular weight excluding hydrogens is 354 g/mol. The van der Waals surface area contributed by atoms with Crippen LogP contribution in [0.25, 0.3) is 0 Å². The van der Waals surface area contributed by atoms with Gasteiger partial charge in [-0.15, -0.1) is 0 Å². The number of urea groups is 1. The SMILES string of the molecule is CN(C(=O)CN1C(=O)NC(C)(c2ccc(Cl)cc2)C1=O)c1ccccc1. The Bertz CT molecular complexity index is 854. The van der Waals surface area contributed by atoms with Crippen molar-refractivity contribution in [3.05, 3.63) is 65.2 Å². The van der Waals surface area contributed by atoms with Gasteiger partial charge in [0.2, 0.25) is 5.91 Å². The van der Waals surface area contributed by atoms with E-state index in [1.165, 1.54) is 4.90 Å². The van der Waals surface area contributed by atoms with Gasteiger partial charge >= 0.3 is 6.03 Å². The van der Waals surface area contributed by atoms with Gasteiger partial charge in [0, 0.05) is 17.8 Å². The predicted octanol–water partition coefficient (Wildman–Crippen LogP) is 2.77. The molecule has 3 rings (SSSR count). The van der Waals surface area contributed by atoms with Crippen LogP contribution in [-0.4, -0.2) is 36.3 Å². The van der Waals surface area contributed by atoms with Crippen molar-refractivity contribution in [2.75, 3.05) is 18.5 Å². The molecule has 1 aliphatic rings. The van der Waals surface area contributed by atoms with E-state index in [4.69, 9.17) is 11.6 Å². The molecule has 0 aliphatic carbocycles. The van der Waals surface area contributed by atoms with Crippen molar-refractivity contribution in [1.29, 1.82) is 0 Å². The van der Waals surface area contributed by atoms with E-state index in [0.717, 1.165) is 4.90 Å². The predicted molar refractivity (Wildman–Crippen MR) is 98.9 cm³/mol. The number of carbonyl (C=O) groups is 3. The summed E-state index contributed by atoms with van der Waals surface area (Å²) in [5, 5.41) is 3.21. The van der Waals surface area contributed by atoms with Crippen molar-refractivity contribution in [3.63, 3.8) is 0 Å². The van der Waals surface area contributed by atoms with Crippen LogP contribution in [0.2, 0.25) is 5.02 Å². The van der Waals surface area contributed by atoms with Crippen molar-refractivity contribution < 1.29 is 14.4 Å². The van der Waals surface area contributed by atoms with Gasteiger partial charge in [-0.3, -0.25) is 14.5 Å². The van der Waals surface area contributed by atoms with Crippen molar-refractivity contribution in [1.82, 2.24) is 10.2 Å². The van der Waals surface area contributed by atoms with E-state index < -0.39 is 17.5 Å². The fourth-order valence-corrected chi connectivity index (χ4v) is 2.98. The number of hydrogen-bond acceptors (Lipinski definition) is 3. The molecule has 1 unspecified atom stereocenters. The summed E-state index contributed by atoms with van der Waals surface area (Å²) < 4.78 is 0. The van der Waals surface area contributed by atoms with Crippen LogP contribution in [0.15, 0.2) is 54.6 Å². The molecule has 6 nitrogen and oxygen atoms in total. The van der Waals surface area contributed by atoms with Crippen LogP contribution in [-0.2, 0) is 15.1 Å². The second kappa shape index (κ2) is 6.80. The number of rotatable bonds is 4. The largest absolute Gasteiger partial charge is 0.325 e. The molecule has 0 radical (unpaired) electrons. The van der Waals surface area contributed by atoms with Crippen LogP contribution >= 0.6 is 11.6 Å². The first-order chi connectivity index (χ1) is 12.3. The Hall–Kier alpha value is -2.86. The molecule has 26 heavy (non-hydrogen) atoms. The molecule has 1 heterocycles. The second-order valence-corrected chi connectivity index (χ2v) is 6.68. The monoisotopic (exact) mass is 371 g/mol. The summed E-state index contributed by atoms with van der Waals surface area (Å²) in [5.41, 5.74) is 0.0596. The number of benzene rings is 2. The van der Waals surface area contributed by atoms with Crippen LogP contribution in [0.5, 0.6) is 0 Å². The average Bonchev–Trinajstić information content (AvgIpc) is 2.86. The number of carbonyl (C=O) groups excluding carboxylic acids is 3. The molecule has 0 saturated carbocycles. The second-order valence-electron chi connectivity index (χ2n) is 6.24. The third-order valence-corrected chi connectivity index (χ3v) is 4.76. The number of nitrogens with one attached hydrogen (secondary N) is 1. The lowest BCUT2D eigenvalue weighted by atomic mass is 9.92. The first kappa shape index (κ1) is 17.9. The highest BCUT2D eigenvalue weighted by atomic mass is 35.5. The minimum absolute atomic E-state index is 0.334. The van der Waals surface area contributed by atoms with E-state index in [-0.39, 0.29) is 12.5 Å². The minimum atomic E-state index is -1.23. The zero-order chi connectivity index (χ0) is 18.9. The molecule has 1 fully saturated rings. The molecular formula is C19H18ClN3O3. The number of amides is 4. The Kier molecular flexibility index (Phi) is 4.70. The molecule has 0 bridgehead atoms. The van der Waals surface area contributed by atoms with Gasteiger partial charge in [-0.1, -0.05) is 41.9 Å². The van der Waals surface area contributed by atoms with E-state index in [0.29, 0.717) is 16.3 Å². The highest BCUT2D eigenvalue weighted by Gasteiger charge is 2.49. The van der Waals surface area contributed by atoms with Gasteiger partial charge in [0.05, 0.1) is 0 Å². The maximum Gasteiger partial charge on any atom is 0.325 e. The summed E-state index contributed by atoms with van der Waals surface area (Å²) >= 11 is 5.89. The van der Waals surface area contributed by atoms with Gasteiger partial charge in [0.25, 0.3) is 5.91 Å². The Balaban J connectivity index is 1.79. The summed E-state index contributed by atoms with van der Waals surface area (Å²) in [7, 11) is 1.61. The topological polar surface area (TPSA) is 69.7 Å². The summed E-state index contributed by atoms with van der Waals surface area (Å²) in [6.45, 7) is 1.28. The van der Waals surface area contributed by atoms with E-state index in [1.54, 1.807) is 50.4 Å². The van der Waals surface area contributed by atoms with Crippen molar-refractivity contribution in [2.45, 2.75) is 12.5 Å². The fraction of sp³-hybridized carbons (Fsp3) is 0.211. The molecule has 0 spiro atoms. The van der Waals surface area contributed by atoms with Gasteiger partial charge < -0.3 is 10.2 Å². The molecule has 1 aliphatic heterocycles. The molecule has 4 amide bonds. The van der Waals surface area contributed by atoms with Crippen LogP contribution in [0.3, 0.4) is 0 Å². The molecule has 1 atom stereocenters. The number of hydrogen-bond donors (Lipinski definition) is 1. The van der Waals surface area contributed by atoms with Gasteiger partial charge in [0.1, 0.15) is 12.1 Å². The number of nitrogens with zero attached hydrogens (tertiary/aromatic N) is 2. The molecule has 7 heteroatoms. The Labute approximate surface area is 156 Å². The van der Waals surface area contributed by atoms with E-state index >= 15 is 0 Å². The Morgan fingerprint density at radius 2 is 1.73 bits per heavy atom. The molecule has 2 aromatic carbocycles. The maximum atomic E-state index is 12.9. The molecule has 0 aromatic heterocycles. The summed E-state index contributed by atoms with van der Waals surface area (Å²) in [6, 6.07) is 15.1. The smallest absolute Gasteiger partial charge is 0.319 e. The number of imide groups is 1. The third kappa shape index (κ3) is 3.15. The molecule has 1 N–H and O–H groups in total. The van der Waals surface area contributed by atoms with Crippen molar-refractivity contribution >= 4 is 35.1 Å². The van der Waals surface area contributed by atoms with E-state index in [9.17, 15) is 14.4 Å². The third-order valence-electron chi connectivity index (χ3n) is 4.51. The lowest BCUT2D eigenvalue weighted by Crippen LogP contribution is -2.43. The highest BCUT2D eigenvalue weighted by Crippen LogP contribution is 2.29. The molecule has 134 valence electrons. The van der Waals surface area contributed by atoms with Gasteiger partial charge in [-0.05, 0) is 36.8 Å². The lowest BCUT2D eigenvalue weighted by molar-refractivity contribution is -0.134.